The van der Waals surface area contributed by atoms with Gasteiger partial charge in [-0.2, -0.15) is 0 Å². The molecule has 416 valence electrons. The number of carbonyl (C=O) groups is 3. The Bertz CT molecular complexity index is 1990. The van der Waals surface area contributed by atoms with Crippen LogP contribution in [0.5, 0.6) is 0 Å². The van der Waals surface area contributed by atoms with Crippen molar-refractivity contribution in [1.82, 2.24) is 0 Å². The molecule has 4 heterocycles. The maximum absolute atomic E-state index is 14.6. The van der Waals surface area contributed by atoms with Gasteiger partial charge in [0, 0.05) is 0 Å². The lowest BCUT2D eigenvalue weighted by molar-refractivity contribution is -0.399. The Balaban J connectivity index is 1.06. The molecule has 4 saturated heterocycles. The Morgan fingerprint density at radius 3 is 1.74 bits per heavy atom. The van der Waals surface area contributed by atoms with Crippen molar-refractivity contribution in [3.63, 3.8) is 0 Å². The summed E-state index contributed by atoms with van der Waals surface area (Å²) in [4.78, 5) is 38.4. The number of fused-ring (bicyclic) bond motifs is 3. The summed E-state index contributed by atoms with van der Waals surface area (Å²) in [6.45, 7) is 7.70. The van der Waals surface area contributed by atoms with Crippen molar-refractivity contribution < 1.29 is 123 Å². The van der Waals surface area contributed by atoms with Crippen molar-refractivity contribution in [1.29, 1.82) is 0 Å². The monoisotopic (exact) mass is 1050 g/mol. The molecule has 73 heavy (non-hydrogen) atoms. The highest BCUT2D eigenvalue weighted by Crippen LogP contribution is 2.74. The first-order valence-corrected chi connectivity index (χ1v) is 25.3. The maximum atomic E-state index is 14.6. The van der Waals surface area contributed by atoms with Gasteiger partial charge in [-0.05, 0) is 93.0 Å². The molecule has 26 atom stereocenters. The molecular weight excluding hydrogens is 977 g/mol. The van der Waals surface area contributed by atoms with E-state index in [0.717, 1.165) is 6.42 Å². The SMILES string of the molecule is C=C1C[C@@]23CC[C@H]4[C@@](C)(CCC[C@@]4(C)C(=O)O[C@@H]4OC(CO)[C@@H](O)C(O)C4OC(=O)CC(=O)O)[C@@H]2CC[C@]1(OC1O[C@H](CO)C(O)C(OC2O[C@H](CC)C(O)C(O)[C@H]2O)[C@H]1O[C@@H]1OC(CO)[C@@H](O)C(O)C1O)C3. The van der Waals surface area contributed by atoms with Crippen LogP contribution in [0, 0.1) is 28.1 Å². The molecule has 0 radical (unpaired) electrons. The zero-order chi connectivity index (χ0) is 53.3. The van der Waals surface area contributed by atoms with Crippen LogP contribution in [0.25, 0.3) is 0 Å². The lowest BCUT2D eigenvalue weighted by Gasteiger charge is -2.64. The number of hydrogen-bond donors (Lipinski definition) is 13. The number of esters is 2. The van der Waals surface area contributed by atoms with Gasteiger partial charge in [-0.25, -0.2) is 0 Å². The molecule has 25 nitrogen and oxygen atoms in total. The molecule has 12 unspecified atom stereocenters. The number of rotatable bonds is 15. The Hall–Kier alpha value is -2.61. The summed E-state index contributed by atoms with van der Waals surface area (Å²) in [6, 6.07) is 0. The summed E-state index contributed by atoms with van der Waals surface area (Å²) in [5.74, 6) is -3.89. The van der Waals surface area contributed by atoms with Crippen molar-refractivity contribution in [3.05, 3.63) is 12.2 Å². The van der Waals surface area contributed by atoms with Crippen LogP contribution in [0.3, 0.4) is 0 Å². The van der Waals surface area contributed by atoms with E-state index >= 15 is 0 Å². The lowest BCUT2D eigenvalue weighted by Crippen LogP contribution is -2.68. The third-order valence-electron chi connectivity index (χ3n) is 17.8. The highest BCUT2D eigenvalue weighted by atomic mass is 16.8. The smallest absolute Gasteiger partial charge is 0.317 e. The maximum Gasteiger partial charge on any atom is 0.317 e. The topological polar surface area (TPSA) is 397 Å². The van der Waals surface area contributed by atoms with Crippen molar-refractivity contribution in [2.24, 2.45) is 28.1 Å². The van der Waals surface area contributed by atoms with E-state index in [-0.39, 0.29) is 18.3 Å². The molecule has 0 aromatic heterocycles. The Morgan fingerprint density at radius 2 is 1.14 bits per heavy atom. The second-order valence-electron chi connectivity index (χ2n) is 22.1. The summed E-state index contributed by atoms with van der Waals surface area (Å²) in [7, 11) is 0. The largest absolute Gasteiger partial charge is 0.481 e. The molecule has 4 aliphatic heterocycles. The number of carboxylic acids is 1. The fourth-order valence-corrected chi connectivity index (χ4v) is 14.1. The summed E-state index contributed by atoms with van der Waals surface area (Å²) >= 11 is 0. The summed E-state index contributed by atoms with van der Waals surface area (Å²) < 4.78 is 54.2. The normalized spacial score (nSPS) is 50.9. The van der Waals surface area contributed by atoms with E-state index in [0.29, 0.717) is 56.9 Å². The molecule has 0 aromatic rings. The molecule has 0 amide bonds. The van der Waals surface area contributed by atoms with Gasteiger partial charge in [-0.1, -0.05) is 26.8 Å². The van der Waals surface area contributed by atoms with Crippen molar-refractivity contribution in [3.8, 4) is 0 Å². The lowest BCUT2D eigenvalue weighted by atomic mass is 9.41. The fourth-order valence-electron chi connectivity index (χ4n) is 14.1. The molecule has 0 aromatic carbocycles. The molecule has 8 rings (SSSR count). The zero-order valence-corrected chi connectivity index (χ0v) is 41.0. The van der Waals surface area contributed by atoms with Gasteiger partial charge >= 0.3 is 17.9 Å². The summed E-state index contributed by atoms with van der Waals surface area (Å²) in [5, 5.41) is 138. The van der Waals surface area contributed by atoms with Crippen molar-refractivity contribution in [2.75, 3.05) is 19.8 Å². The summed E-state index contributed by atoms with van der Waals surface area (Å²) in [5.41, 5.74) is -2.64. The second-order valence-corrected chi connectivity index (χ2v) is 22.1. The molecule has 2 bridgehead atoms. The zero-order valence-electron chi connectivity index (χ0n) is 41.0. The van der Waals surface area contributed by atoms with Gasteiger partial charge in [0.05, 0.1) is 36.9 Å². The highest BCUT2D eigenvalue weighted by molar-refractivity contribution is 5.90. The Morgan fingerprint density at radius 1 is 0.603 bits per heavy atom. The van der Waals surface area contributed by atoms with Crippen LogP contribution in [0.4, 0.5) is 0 Å². The van der Waals surface area contributed by atoms with Gasteiger partial charge in [-0.15, -0.1) is 0 Å². The van der Waals surface area contributed by atoms with Gasteiger partial charge in [0.15, 0.2) is 25.0 Å². The third kappa shape index (κ3) is 10.0. The second kappa shape index (κ2) is 21.7. The minimum Gasteiger partial charge on any atom is -0.481 e. The number of hydrogen-bond acceptors (Lipinski definition) is 24. The minimum atomic E-state index is -1.95. The van der Waals surface area contributed by atoms with E-state index in [1.54, 1.807) is 13.8 Å². The first kappa shape index (κ1) is 56.6. The average molecular weight is 1050 g/mol. The van der Waals surface area contributed by atoms with Crippen LogP contribution in [-0.2, 0) is 57.0 Å². The van der Waals surface area contributed by atoms with Crippen LogP contribution in [-0.4, -0.2) is 233 Å². The van der Waals surface area contributed by atoms with Gasteiger partial charge in [-0.3, -0.25) is 14.4 Å². The quantitative estimate of drug-likeness (QED) is 0.0325. The average Bonchev–Trinajstić information content (AvgIpc) is 3.54. The van der Waals surface area contributed by atoms with Crippen LogP contribution in [0.15, 0.2) is 12.2 Å². The molecule has 4 aliphatic carbocycles. The number of carbonyl (C=O) groups excluding carboxylic acids is 2. The first-order valence-electron chi connectivity index (χ1n) is 25.3. The van der Waals surface area contributed by atoms with Crippen LogP contribution in [0.1, 0.15) is 91.4 Å². The predicted octanol–water partition coefficient (Wildman–Crippen LogP) is -3.67. The Labute approximate surface area is 420 Å². The summed E-state index contributed by atoms with van der Waals surface area (Å²) in [6.07, 6.45) is -30.2. The molecule has 13 N–H and O–H groups in total. The molecule has 25 heteroatoms. The van der Waals surface area contributed by atoms with E-state index in [2.05, 4.69) is 13.5 Å². The van der Waals surface area contributed by atoms with Crippen LogP contribution in [0.2, 0.25) is 0 Å². The van der Waals surface area contributed by atoms with Gasteiger partial charge in [0.1, 0.15) is 91.9 Å². The number of carboxylic acid groups (broad SMARTS) is 1. The number of aliphatic carboxylic acids is 1. The number of ether oxygens (including phenoxy) is 9. The molecule has 8 aliphatic rings. The molecule has 1 spiro atoms. The standard InChI is InChI=1S/C48H74O25/c1-5-20-28(55)32(59)35(62)40(65-20)70-37-31(58)23(17-51)68-43(39(37)71-41-36(63)33(60)29(56)21(15-49)66-41)73-48-12-8-25-45(3)9-6-10-46(4,24(45)7-11-47(25,18-48)14-19(48)2)44(64)72-42-38(69-27(54)13-26(52)53)34(61)30(57)22(16-50)67-42/h20-25,28-43,49-51,55-63H,2,5-18H2,1,3-4H3,(H,52,53)/t20-,21?,22?,23-,24+,25+,28?,29-,30-,31?,32?,33?,34?,35-,36?,37?,38?,39-,40?,41+,42+,43?,45-,46-,47-,48+/m1/s1. The van der Waals surface area contributed by atoms with E-state index in [9.17, 15) is 75.7 Å². The minimum absolute atomic E-state index is 0.0386. The van der Waals surface area contributed by atoms with Gasteiger partial charge in [0.25, 0.3) is 0 Å². The molecule has 4 saturated carbocycles. The van der Waals surface area contributed by atoms with E-state index in [4.69, 9.17) is 47.7 Å². The first-order chi connectivity index (χ1) is 34.4. The fraction of sp³-hybridized carbons (Fsp3) is 0.896. The van der Waals surface area contributed by atoms with E-state index in [1.165, 1.54) is 0 Å². The van der Waals surface area contributed by atoms with Gasteiger partial charge in [0.2, 0.25) is 6.29 Å². The van der Waals surface area contributed by atoms with Crippen molar-refractivity contribution in [2.45, 2.75) is 220 Å². The van der Waals surface area contributed by atoms with Crippen LogP contribution < -0.4 is 0 Å². The van der Waals surface area contributed by atoms with E-state index in [1.807, 2.05) is 0 Å². The highest BCUT2D eigenvalue weighted by Gasteiger charge is 2.70. The van der Waals surface area contributed by atoms with E-state index < -0.39 is 189 Å². The van der Waals surface area contributed by atoms with Crippen LogP contribution >= 0.6 is 0 Å². The third-order valence-corrected chi connectivity index (χ3v) is 17.8. The predicted molar refractivity (Wildman–Crippen MR) is 238 cm³/mol. The molecule has 8 fully saturated rings. The van der Waals surface area contributed by atoms with Gasteiger partial charge < -0.3 is 109 Å². The number of aliphatic hydroxyl groups excluding tert-OH is 12. The van der Waals surface area contributed by atoms with Crippen molar-refractivity contribution >= 4 is 17.9 Å². The Kier molecular flexibility index (Phi) is 16.8. The molecular formula is C48H74O25. The number of aliphatic hydroxyl groups is 12.